The van der Waals surface area contributed by atoms with Crippen molar-refractivity contribution >= 4 is 21.5 Å². The van der Waals surface area contributed by atoms with Gasteiger partial charge in [0.25, 0.3) is 0 Å². The lowest BCUT2D eigenvalue weighted by Gasteiger charge is -2.30. The lowest BCUT2D eigenvalue weighted by atomic mass is 9.73. The summed E-state index contributed by atoms with van der Waals surface area (Å²) < 4.78 is 0. The Hall–Kier alpha value is -2.60. The van der Waals surface area contributed by atoms with Crippen LogP contribution in [0, 0.1) is 12.1 Å². The van der Waals surface area contributed by atoms with Gasteiger partial charge < -0.3 is 0 Å². The van der Waals surface area contributed by atoms with Crippen molar-refractivity contribution in [3.63, 3.8) is 0 Å². The molecule has 0 nitrogen and oxygen atoms in total. The number of hydrogen-bond donors (Lipinski definition) is 0. The fourth-order valence-electron chi connectivity index (χ4n) is 5.38. The first kappa shape index (κ1) is 26.5. The van der Waals surface area contributed by atoms with E-state index in [0.717, 1.165) is 0 Å². The third-order valence-corrected chi connectivity index (χ3v) is 7.33. The molecular formula is C36H44. The minimum Gasteiger partial charge on any atom is -0.0613 e. The zero-order valence-corrected chi connectivity index (χ0v) is 24.6. The van der Waals surface area contributed by atoms with Crippen LogP contribution >= 0.6 is 0 Å². The lowest BCUT2D eigenvalue weighted by Crippen LogP contribution is -2.18. The predicted octanol–water partition coefficient (Wildman–Crippen LogP) is 10.5. The summed E-state index contributed by atoms with van der Waals surface area (Å²) in [4.78, 5) is 0. The molecule has 4 aromatic carbocycles. The standard InChI is InChI=1S/C36H44/c1-33(2,3)29-17-13-15-23-19-27(31(21-25(23)29)35(7,8)9)28-20-24-16-14-18-30(34(4,5)6)26(24)22-32(28)36(10,11)12/h13-18,21-22H,1-12H3. The molecule has 0 aliphatic carbocycles. The van der Waals surface area contributed by atoms with Gasteiger partial charge in [-0.25, -0.2) is 0 Å². The van der Waals surface area contributed by atoms with E-state index in [-0.39, 0.29) is 21.7 Å². The van der Waals surface area contributed by atoms with Gasteiger partial charge >= 0.3 is 0 Å². The molecule has 0 fully saturated rings. The van der Waals surface area contributed by atoms with E-state index in [0.29, 0.717) is 0 Å². The van der Waals surface area contributed by atoms with Crippen molar-refractivity contribution in [2.75, 3.05) is 0 Å². The Morgan fingerprint density at radius 2 is 0.722 bits per heavy atom. The third-order valence-electron chi connectivity index (χ3n) is 7.33. The van der Waals surface area contributed by atoms with Gasteiger partial charge in [0.15, 0.2) is 0 Å². The zero-order valence-electron chi connectivity index (χ0n) is 24.6. The van der Waals surface area contributed by atoms with E-state index in [2.05, 4.69) is 144 Å². The van der Waals surface area contributed by atoms with Crippen LogP contribution in [0.4, 0.5) is 0 Å². The first-order valence-corrected chi connectivity index (χ1v) is 13.4. The molecule has 0 heterocycles. The number of hydrogen-bond acceptors (Lipinski definition) is 0. The summed E-state index contributed by atoms with van der Waals surface area (Å²) in [6, 6.07) is 26.1. The molecule has 0 saturated carbocycles. The molecule has 36 heavy (non-hydrogen) atoms. The van der Waals surface area contributed by atoms with Gasteiger partial charge in [0.05, 0.1) is 0 Å². The first-order valence-electron chi connectivity index (χ1n) is 13.4. The highest BCUT2D eigenvalue weighted by molar-refractivity contribution is 5.96. The molecular weight excluding hydrogens is 432 g/mol. The molecule has 0 saturated heterocycles. The maximum atomic E-state index is 3.92. The Morgan fingerprint density at radius 1 is 0.417 bits per heavy atom. The largest absolute Gasteiger partial charge is 0.0613 e. The fourth-order valence-corrected chi connectivity index (χ4v) is 5.38. The van der Waals surface area contributed by atoms with Gasteiger partial charge in [-0.15, -0.1) is 0 Å². The highest BCUT2D eigenvalue weighted by Gasteiger charge is 2.28. The van der Waals surface area contributed by atoms with Gasteiger partial charge in [0.1, 0.15) is 0 Å². The molecule has 0 aliphatic heterocycles. The van der Waals surface area contributed by atoms with Crippen molar-refractivity contribution in [1.82, 2.24) is 0 Å². The van der Waals surface area contributed by atoms with Gasteiger partial charge in [0, 0.05) is 0 Å². The fraction of sp³-hybridized carbons (Fsp3) is 0.444. The molecule has 0 atom stereocenters. The van der Waals surface area contributed by atoms with Crippen molar-refractivity contribution < 1.29 is 0 Å². The summed E-state index contributed by atoms with van der Waals surface area (Å²) in [5.41, 5.74) is 7.87. The van der Waals surface area contributed by atoms with Crippen molar-refractivity contribution in [2.24, 2.45) is 0 Å². The second-order valence-electron chi connectivity index (χ2n) is 14.6. The van der Waals surface area contributed by atoms with Crippen molar-refractivity contribution in [3.05, 3.63) is 82.9 Å². The summed E-state index contributed by atoms with van der Waals surface area (Å²) in [5, 5.41) is 4.99. The maximum absolute atomic E-state index is 3.92. The minimum atomic E-state index is -0.0315. The van der Waals surface area contributed by atoms with Gasteiger partial charge in [-0.05, 0) is 101 Å². The van der Waals surface area contributed by atoms with Gasteiger partial charge in [0.2, 0.25) is 0 Å². The number of benzene rings is 4. The molecule has 0 bridgehead atoms. The van der Waals surface area contributed by atoms with E-state index < -0.39 is 0 Å². The second-order valence-corrected chi connectivity index (χ2v) is 14.6. The van der Waals surface area contributed by atoms with Gasteiger partial charge in [-0.3, -0.25) is 0 Å². The summed E-state index contributed by atoms with van der Waals surface area (Å²) in [7, 11) is 0. The lowest BCUT2D eigenvalue weighted by molar-refractivity contribution is 0.583. The van der Waals surface area contributed by atoms with Crippen LogP contribution in [0.5, 0.6) is 0 Å². The molecule has 0 N–H and O–H groups in total. The molecule has 2 radical (unpaired) electrons. The predicted molar refractivity (Wildman–Crippen MR) is 159 cm³/mol. The quantitative estimate of drug-likeness (QED) is 0.256. The molecule has 188 valence electrons. The smallest absolute Gasteiger partial charge is 0.00108 e. The molecule has 0 heteroatoms. The van der Waals surface area contributed by atoms with Crippen LogP contribution in [0.15, 0.2) is 48.5 Å². The highest BCUT2D eigenvalue weighted by Crippen LogP contribution is 2.44. The Balaban J connectivity index is 2.16. The van der Waals surface area contributed by atoms with Crippen molar-refractivity contribution in [2.45, 2.75) is 105 Å². The Labute approximate surface area is 220 Å². The second kappa shape index (κ2) is 8.47. The summed E-state index contributed by atoms with van der Waals surface area (Å²) in [5.74, 6) is 0. The van der Waals surface area contributed by atoms with Crippen LogP contribution in [-0.4, -0.2) is 0 Å². The van der Waals surface area contributed by atoms with Gasteiger partial charge in [-0.2, -0.15) is 0 Å². The topological polar surface area (TPSA) is 0 Å². The van der Waals surface area contributed by atoms with E-state index in [4.69, 9.17) is 0 Å². The van der Waals surface area contributed by atoms with Crippen LogP contribution in [-0.2, 0) is 21.7 Å². The molecule has 0 aliphatic rings. The Bertz CT molecular complexity index is 1320. The summed E-state index contributed by atoms with van der Waals surface area (Å²) >= 11 is 0. The Morgan fingerprint density at radius 3 is 1.00 bits per heavy atom. The Kier molecular flexibility index (Phi) is 6.23. The van der Waals surface area contributed by atoms with E-state index in [9.17, 15) is 0 Å². The van der Waals surface area contributed by atoms with Crippen LogP contribution in [0.1, 0.15) is 105 Å². The zero-order chi connectivity index (χ0) is 26.8. The van der Waals surface area contributed by atoms with E-state index in [1.807, 2.05) is 0 Å². The van der Waals surface area contributed by atoms with Crippen molar-refractivity contribution in [3.8, 4) is 11.1 Å². The normalized spacial score (nSPS) is 13.6. The maximum Gasteiger partial charge on any atom is -0.00108 e. The molecule has 4 aromatic rings. The van der Waals surface area contributed by atoms with Crippen LogP contribution in [0.3, 0.4) is 0 Å². The first-order chi connectivity index (χ1) is 16.4. The van der Waals surface area contributed by atoms with Gasteiger partial charge in [-0.1, -0.05) is 119 Å². The number of rotatable bonds is 1. The molecule has 4 rings (SSSR count). The van der Waals surface area contributed by atoms with E-state index in [1.54, 1.807) is 0 Å². The molecule has 0 spiro atoms. The average molecular weight is 477 g/mol. The van der Waals surface area contributed by atoms with Crippen LogP contribution in [0.2, 0.25) is 0 Å². The van der Waals surface area contributed by atoms with Crippen molar-refractivity contribution in [1.29, 1.82) is 0 Å². The third kappa shape index (κ3) is 4.84. The summed E-state index contributed by atoms with van der Waals surface area (Å²) in [6.45, 7) is 27.7. The SMILES string of the molecule is CC(C)(C)c1cc2c(C(C)(C)C)cccc2[c]c1-c1[c]c2cccc(C(C)(C)C)c2cc1C(C)(C)C. The minimum absolute atomic E-state index is 0.0315. The van der Waals surface area contributed by atoms with Crippen LogP contribution in [0.25, 0.3) is 32.7 Å². The molecule has 0 unspecified atom stereocenters. The number of fused-ring (bicyclic) bond motifs is 2. The van der Waals surface area contributed by atoms with E-state index in [1.165, 1.54) is 54.9 Å². The monoisotopic (exact) mass is 476 g/mol. The highest BCUT2D eigenvalue weighted by atomic mass is 14.3. The molecule has 0 amide bonds. The molecule has 0 aromatic heterocycles. The average Bonchev–Trinajstić information content (AvgIpc) is 2.73. The van der Waals surface area contributed by atoms with E-state index >= 15 is 0 Å². The van der Waals surface area contributed by atoms with Crippen LogP contribution < -0.4 is 0 Å². The summed E-state index contributed by atoms with van der Waals surface area (Å²) in [6.07, 6.45) is 0.